The van der Waals surface area contributed by atoms with Crippen molar-refractivity contribution in [1.82, 2.24) is 88.3 Å². The molecule has 3 saturated heterocycles. The molecule has 3 aliphatic carbocycles. The topological polar surface area (TPSA) is 342 Å². The number of anilines is 4. The van der Waals surface area contributed by atoms with Crippen LogP contribution < -0.4 is 73.3 Å². The zero-order valence-electron chi connectivity index (χ0n) is 52.6. The number of fused-ring (bicyclic) bond motifs is 6. The van der Waals surface area contributed by atoms with Gasteiger partial charge in [-0.25, -0.2) is 39.9 Å². The van der Waals surface area contributed by atoms with Gasteiger partial charge < -0.3 is 56.4 Å². The van der Waals surface area contributed by atoms with Crippen LogP contribution in [0.2, 0.25) is 15.3 Å². The van der Waals surface area contributed by atoms with E-state index in [0.717, 1.165) is 184 Å². The first-order valence-electron chi connectivity index (χ1n) is 30.7. The molecule has 0 aromatic carbocycles. The van der Waals surface area contributed by atoms with Crippen LogP contribution in [0.1, 0.15) is 106 Å². The fourth-order valence-corrected chi connectivity index (χ4v) is 16.1. The van der Waals surface area contributed by atoms with Crippen LogP contribution in [0.4, 0.5) is 23.5 Å². The second-order valence-electron chi connectivity index (χ2n) is 23.8. The molecule has 0 saturated carbocycles. The minimum Gasteiger partial charge on any atom is -0.778 e. The number of halogens is 5. The Labute approximate surface area is 652 Å². The molecule has 3 aliphatic heterocycles. The van der Waals surface area contributed by atoms with Gasteiger partial charge in [-0.05, 0) is 139 Å². The van der Waals surface area contributed by atoms with E-state index in [9.17, 15) is 0 Å². The summed E-state index contributed by atoms with van der Waals surface area (Å²) in [6.07, 6.45) is 39.3. The monoisotopic (exact) mass is 1660 g/mol. The number of nitrogens with zero attached hydrogens (tertiary/aromatic N) is 19. The Hall–Kier alpha value is -5.47. The van der Waals surface area contributed by atoms with Gasteiger partial charge in [-0.15, -0.1) is 0 Å². The van der Waals surface area contributed by atoms with Gasteiger partial charge in [0.1, 0.15) is 11.6 Å². The molecule has 11 aromatic heterocycles. The van der Waals surface area contributed by atoms with Crippen molar-refractivity contribution in [3.05, 3.63) is 174 Å². The van der Waals surface area contributed by atoms with E-state index < -0.39 is 0 Å². The van der Waals surface area contributed by atoms with Crippen LogP contribution in [0.15, 0.2) is 132 Å². The summed E-state index contributed by atoms with van der Waals surface area (Å²) >= 11 is 28.4. The van der Waals surface area contributed by atoms with Crippen molar-refractivity contribution in [2.45, 2.75) is 105 Å². The molecule has 3 fully saturated rings. The number of piperidine rings is 3. The van der Waals surface area contributed by atoms with Gasteiger partial charge in [0.25, 0.3) is 0 Å². The number of hydrogen-bond donors (Lipinski definition) is 6. The Morgan fingerprint density at radius 1 is 0.495 bits per heavy atom. The number of pyridine rings is 2. The molecule has 0 bridgehead atoms. The molecule has 5 radical (unpaired) electrons. The molecule has 17 rings (SSSR count). The average Bonchev–Trinajstić information content (AvgIpc) is 1.62. The molecule has 11 aromatic rings. The molecule has 3 spiro atoms. The van der Waals surface area contributed by atoms with Gasteiger partial charge in [0.2, 0.25) is 17.2 Å². The first-order chi connectivity index (χ1) is 46.5. The van der Waals surface area contributed by atoms with Crippen LogP contribution in [0.5, 0.6) is 0 Å². The van der Waals surface area contributed by atoms with Crippen LogP contribution >= 0.6 is 91.7 Å². The summed E-state index contributed by atoms with van der Waals surface area (Å²) in [7, 11) is 10.0. The molecule has 25 nitrogen and oxygen atoms in total. The van der Waals surface area contributed by atoms with Crippen molar-refractivity contribution >= 4 is 167 Å². The number of nitrogen functional groups attached to an aromatic ring is 2. The van der Waals surface area contributed by atoms with Crippen molar-refractivity contribution in [3.8, 4) is 0 Å². The van der Waals surface area contributed by atoms with E-state index in [1.807, 2.05) is 41.5 Å². The number of imidazole rings is 3. The quantitative estimate of drug-likeness (QED) is 0.0520. The largest absolute Gasteiger partial charge is 1.00 e. The molecule has 36 heteroatoms. The van der Waals surface area contributed by atoms with Crippen molar-refractivity contribution in [1.29, 1.82) is 0 Å². The fourth-order valence-electron chi connectivity index (χ4n) is 13.5. The van der Waals surface area contributed by atoms with Gasteiger partial charge in [-0.1, -0.05) is 55.9 Å². The maximum Gasteiger partial charge on any atom is 1.00 e. The van der Waals surface area contributed by atoms with E-state index in [1.54, 1.807) is 78.6 Å². The van der Waals surface area contributed by atoms with E-state index in [4.69, 9.17) is 81.1 Å². The number of nitrogens with two attached hydrogens (primary N) is 5. The number of hydrogen-bond acceptors (Lipinski definition) is 24. The molecular weight excluding hydrogens is 1590 g/mol. The van der Waals surface area contributed by atoms with Crippen molar-refractivity contribution in [3.63, 3.8) is 0 Å². The predicted octanol–water partition coefficient (Wildman–Crippen LogP) is 5.86. The molecule has 505 valence electrons. The first-order valence-corrected chi connectivity index (χ1v) is 35.2. The van der Waals surface area contributed by atoms with Crippen LogP contribution in [-0.2, 0) is 31.9 Å². The van der Waals surface area contributed by atoms with Crippen LogP contribution in [0, 0.1) is 23.4 Å². The Bertz CT molecular complexity index is 4490. The smallest absolute Gasteiger partial charge is 0.778 e. The average molecular weight is 1660 g/mol. The first kappa shape index (κ1) is 77.7. The molecule has 99 heavy (non-hydrogen) atoms. The Morgan fingerprint density at radius 3 is 1.34 bits per heavy atom. The molecule has 0 unspecified atom stereocenters. The SMILES string of the molecule is C.C.Clc1ncc(I)c2nccn12.N[C@@H]1c2nccnc2CC12CCN(c1ncc(I)c3nccn13)CC2.N[C@@H]1c2nccnc2CC12CCNCC2.Nc1nccc(Sc2cnc(N3CCC4(CC3)Cc3nccnc3[C@H]4N)n3ccnc23)c1Cl.Nc1nccc([S-])c1Cl.[B][B][B].[Na+]. The van der Waals surface area contributed by atoms with Crippen LogP contribution in [0.25, 0.3) is 16.9 Å². The summed E-state index contributed by atoms with van der Waals surface area (Å²) in [4.78, 5) is 68.0. The van der Waals surface area contributed by atoms with Gasteiger partial charge in [-0.2, -0.15) is 4.90 Å². The zero-order chi connectivity index (χ0) is 67.3. The van der Waals surface area contributed by atoms with Crippen LogP contribution in [0.3, 0.4) is 0 Å². The van der Waals surface area contributed by atoms with Crippen molar-refractivity contribution in [2.24, 2.45) is 33.4 Å². The standard InChI is InChI=1S/C22H22ClN9S.C17H18IN7.C11H16N4.C6H3ClIN3.C5H5ClN2S.2CH4.B3.Na/c23-16-14(1-4-28-19(16)25)33-15-12-30-21(32-10-7-29-20(15)32)31-8-2-22(3-9-31)11-13-17(18(22)24)27-6-5-26-13;18-11-10-23-16(25-8-5-22-15(11)25)24-6-1-17(2-7-24)9-12-13(14(17)19)21-4-3-20-12;12-10-9-8(14-5-6-15-9)7-11(10)1-3-13-4-2-11;7-6-10-3-4(8)5-9-1-2-11(5)6;6-4-3(9)1-2-8-5(4)7;;;1-3-2;/h1,4-7,10,12,18H,2-3,8-9,11,24H2,(H2,25,28);3-5,8,10,14H,1-2,6-7,9,19H2;5-6,10,13H,1-4,7,12H2;1-3H;1-2H,(H3,7,8,9);2*1H4;;/q;;;;;;;;+1/p-1/t18-;14-;10-;;;;;;/m111....../s1. The summed E-state index contributed by atoms with van der Waals surface area (Å²) < 4.78 is 7.91. The van der Waals surface area contributed by atoms with Gasteiger partial charge in [-0.3, -0.25) is 43.1 Å². The Kier molecular flexibility index (Phi) is 26.8. The van der Waals surface area contributed by atoms with E-state index >= 15 is 0 Å². The summed E-state index contributed by atoms with van der Waals surface area (Å²) in [5, 5.41) is 4.64. The Morgan fingerprint density at radius 2 is 0.889 bits per heavy atom. The molecule has 0 amide bonds. The molecule has 11 N–H and O–H groups in total. The zero-order valence-corrected chi connectivity index (χ0v) is 62.8. The summed E-state index contributed by atoms with van der Waals surface area (Å²) in [5.74, 6) is 2.44. The van der Waals surface area contributed by atoms with E-state index in [-0.39, 0.29) is 78.8 Å². The normalized spacial score (nSPS) is 18.4. The molecule has 3 atom stereocenters. The van der Waals surface area contributed by atoms with Gasteiger partial charge in [0.15, 0.2) is 16.9 Å². The summed E-state index contributed by atoms with van der Waals surface area (Å²) in [6, 6.07) is 3.47. The number of nitrogens with one attached hydrogen (secondary N) is 1. The maximum absolute atomic E-state index is 6.65. The molecule has 6 aliphatic rings. The van der Waals surface area contributed by atoms with Gasteiger partial charge in [0, 0.05) is 170 Å². The second-order valence-corrected chi connectivity index (χ2v) is 28.8. The maximum atomic E-state index is 6.65. The van der Waals surface area contributed by atoms with Crippen LogP contribution in [-0.4, -0.2) is 145 Å². The van der Waals surface area contributed by atoms with Gasteiger partial charge in [0.05, 0.1) is 74.4 Å². The molecule has 14 heterocycles. The third-order valence-electron chi connectivity index (χ3n) is 18.6. The van der Waals surface area contributed by atoms with Gasteiger partial charge >= 0.3 is 29.6 Å². The molecular formula is C63H71B3Cl3I2N25NaS2. The minimum absolute atomic E-state index is 0. The van der Waals surface area contributed by atoms with Crippen molar-refractivity contribution in [2.75, 3.05) is 60.5 Å². The van der Waals surface area contributed by atoms with E-state index in [0.29, 0.717) is 31.9 Å². The van der Waals surface area contributed by atoms with E-state index in [1.165, 1.54) is 18.0 Å². The number of rotatable bonds is 4. The number of aromatic nitrogens is 17. The third-order valence-corrected chi connectivity index (χ3v) is 22.8. The van der Waals surface area contributed by atoms with Crippen molar-refractivity contribution < 1.29 is 29.6 Å². The second kappa shape index (κ2) is 34.2. The fraction of sp³-hybridized carbons (Fsp3) is 0.365. The third kappa shape index (κ3) is 16.3. The van der Waals surface area contributed by atoms with E-state index in [2.05, 4.69) is 145 Å². The minimum atomic E-state index is -0.0686. The summed E-state index contributed by atoms with van der Waals surface area (Å²) in [5.41, 5.74) is 39.9. The summed E-state index contributed by atoms with van der Waals surface area (Å²) in [6.45, 7) is 5.73. The predicted molar refractivity (Wildman–Crippen MR) is 407 cm³/mol. The Balaban J connectivity index is 0.000000153.